The second-order valence-corrected chi connectivity index (χ2v) is 5.98. The van der Waals surface area contributed by atoms with E-state index < -0.39 is 0 Å². The predicted octanol–water partition coefficient (Wildman–Crippen LogP) is 2.38. The van der Waals surface area contributed by atoms with E-state index in [4.69, 9.17) is 5.11 Å². The number of aromatic nitrogens is 2. The molecule has 0 spiro atoms. The molecule has 0 atom stereocenters. The summed E-state index contributed by atoms with van der Waals surface area (Å²) in [6.45, 7) is 0.747. The van der Waals surface area contributed by atoms with Crippen molar-refractivity contribution >= 4 is 17.2 Å². The van der Waals surface area contributed by atoms with E-state index in [1.165, 1.54) is 0 Å². The highest BCUT2D eigenvalue weighted by Crippen LogP contribution is 2.26. The highest BCUT2D eigenvalue weighted by atomic mass is 32.1. The van der Waals surface area contributed by atoms with Gasteiger partial charge >= 0.3 is 0 Å². The van der Waals surface area contributed by atoms with Crippen molar-refractivity contribution < 1.29 is 9.90 Å². The second-order valence-electron chi connectivity index (χ2n) is 5.03. The van der Waals surface area contributed by atoms with Gasteiger partial charge in [0.2, 0.25) is 0 Å². The zero-order valence-electron chi connectivity index (χ0n) is 12.5. The molecule has 3 rings (SSSR count). The van der Waals surface area contributed by atoms with Crippen molar-refractivity contribution in [2.45, 2.75) is 6.54 Å². The number of hydrogen-bond donors (Lipinski definition) is 2. The Balaban J connectivity index is 1.92. The minimum atomic E-state index is -0.221. The van der Waals surface area contributed by atoms with Crippen LogP contribution in [-0.2, 0) is 6.54 Å². The van der Waals surface area contributed by atoms with Crippen molar-refractivity contribution in [3.05, 3.63) is 65.2 Å². The topological polar surface area (TPSA) is 67.2 Å². The van der Waals surface area contributed by atoms with Gasteiger partial charge in [0.05, 0.1) is 23.6 Å². The van der Waals surface area contributed by atoms with Crippen LogP contribution in [0.4, 0.5) is 0 Å². The number of rotatable bonds is 6. The van der Waals surface area contributed by atoms with E-state index in [1.54, 1.807) is 22.2 Å². The van der Waals surface area contributed by atoms with Crippen LogP contribution in [0.15, 0.2) is 54.0 Å². The molecule has 118 valence electrons. The number of amides is 1. The summed E-state index contributed by atoms with van der Waals surface area (Å²) in [5.74, 6) is -0.221. The Kier molecular flexibility index (Phi) is 4.85. The molecular formula is C17H17N3O2S. The summed E-state index contributed by atoms with van der Waals surface area (Å²) >= 11 is 1.55. The van der Waals surface area contributed by atoms with E-state index in [0.29, 0.717) is 17.8 Å². The van der Waals surface area contributed by atoms with E-state index in [0.717, 1.165) is 10.4 Å². The lowest BCUT2D eigenvalue weighted by Crippen LogP contribution is -2.26. The van der Waals surface area contributed by atoms with Gasteiger partial charge < -0.3 is 10.4 Å². The first-order chi connectivity index (χ1) is 11.3. The molecule has 0 aliphatic rings. The summed E-state index contributed by atoms with van der Waals surface area (Å²) in [4.78, 5) is 13.3. The number of aliphatic hydroxyl groups is 1. The number of carbonyl (C=O) groups excluding carboxylic acids is 1. The number of benzene rings is 1. The Morgan fingerprint density at radius 1 is 1.22 bits per heavy atom. The Morgan fingerprint density at radius 3 is 2.74 bits per heavy atom. The summed E-state index contributed by atoms with van der Waals surface area (Å²) in [5.41, 5.74) is 2.32. The van der Waals surface area contributed by atoms with Crippen LogP contribution in [-0.4, -0.2) is 33.9 Å². The largest absolute Gasteiger partial charge is 0.395 e. The summed E-state index contributed by atoms with van der Waals surface area (Å²) in [5, 5.41) is 18.1. The summed E-state index contributed by atoms with van der Waals surface area (Å²) in [7, 11) is 0. The Hall–Kier alpha value is -2.44. The molecule has 0 unspecified atom stereocenters. The molecule has 0 aliphatic heterocycles. The second kappa shape index (κ2) is 7.21. The van der Waals surface area contributed by atoms with E-state index in [2.05, 4.69) is 10.4 Å². The van der Waals surface area contributed by atoms with Crippen LogP contribution in [0.2, 0.25) is 0 Å². The van der Waals surface area contributed by atoms with Crippen LogP contribution in [0.3, 0.4) is 0 Å². The minimum Gasteiger partial charge on any atom is -0.395 e. The summed E-state index contributed by atoms with van der Waals surface area (Å²) < 4.78 is 1.78. The molecule has 3 aromatic rings. The number of thiophene rings is 1. The molecule has 0 radical (unpaired) electrons. The lowest BCUT2D eigenvalue weighted by atomic mass is 10.2. The highest BCUT2D eigenvalue weighted by molar-refractivity contribution is 7.13. The third kappa shape index (κ3) is 3.67. The van der Waals surface area contributed by atoms with Crippen LogP contribution < -0.4 is 5.32 Å². The van der Waals surface area contributed by atoms with Crippen molar-refractivity contribution in [2.75, 3.05) is 13.2 Å². The maximum absolute atomic E-state index is 12.3. The maximum Gasteiger partial charge on any atom is 0.255 e. The van der Waals surface area contributed by atoms with Gasteiger partial charge in [-0.25, -0.2) is 0 Å². The fourth-order valence-corrected chi connectivity index (χ4v) is 3.02. The average Bonchev–Trinajstić information content (AvgIpc) is 3.22. The van der Waals surface area contributed by atoms with Gasteiger partial charge in [0.1, 0.15) is 5.69 Å². The maximum atomic E-state index is 12.3. The van der Waals surface area contributed by atoms with Crippen molar-refractivity contribution in [2.24, 2.45) is 0 Å². The summed E-state index contributed by atoms with van der Waals surface area (Å²) in [6.07, 6.45) is 1.76. The van der Waals surface area contributed by atoms with E-state index in [9.17, 15) is 4.79 Å². The van der Waals surface area contributed by atoms with Crippen molar-refractivity contribution in [3.8, 4) is 10.6 Å². The molecule has 23 heavy (non-hydrogen) atoms. The molecule has 0 saturated heterocycles. The zero-order valence-corrected chi connectivity index (χ0v) is 13.3. The number of aliphatic hydroxyl groups excluding tert-OH is 1. The molecule has 0 aliphatic carbocycles. The number of carbonyl (C=O) groups is 1. The standard InChI is InChI=1S/C17H17N3O2S/c21-9-8-18-17(22)14-12-20(11-13-5-2-1-3-6-13)19-16(14)15-7-4-10-23-15/h1-7,10,12,21H,8-9,11H2,(H,18,22). The molecule has 0 bridgehead atoms. The van der Waals surface area contributed by atoms with Gasteiger partial charge in [-0.05, 0) is 17.0 Å². The van der Waals surface area contributed by atoms with Crippen molar-refractivity contribution in [1.82, 2.24) is 15.1 Å². The van der Waals surface area contributed by atoms with Gasteiger partial charge in [0, 0.05) is 12.7 Å². The molecule has 5 nitrogen and oxygen atoms in total. The SMILES string of the molecule is O=C(NCCO)c1cn(Cc2ccccc2)nc1-c1cccs1. The van der Waals surface area contributed by atoms with Crippen LogP contribution >= 0.6 is 11.3 Å². The van der Waals surface area contributed by atoms with Crippen LogP contribution in [0.5, 0.6) is 0 Å². The fourth-order valence-electron chi connectivity index (χ4n) is 2.30. The molecule has 1 amide bonds. The lowest BCUT2D eigenvalue weighted by molar-refractivity contribution is 0.0945. The monoisotopic (exact) mass is 327 g/mol. The van der Waals surface area contributed by atoms with Gasteiger partial charge in [-0.1, -0.05) is 36.4 Å². The van der Waals surface area contributed by atoms with Crippen LogP contribution in [0.25, 0.3) is 10.6 Å². The average molecular weight is 327 g/mol. The van der Waals surface area contributed by atoms with E-state index in [-0.39, 0.29) is 19.1 Å². The summed E-state index contributed by atoms with van der Waals surface area (Å²) in [6, 6.07) is 13.9. The first kappa shape index (κ1) is 15.5. The highest BCUT2D eigenvalue weighted by Gasteiger charge is 2.18. The fraction of sp³-hybridized carbons (Fsp3) is 0.176. The number of hydrogen-bond acceptors (Lipinski definition) is 4. The van der Waals surface area contributed by atoms with Gasteiger partial charge in [-0.3, -0.25) is 9.48 Å². The third-order valence-corrected chi connectivity index (χ3v) is 4.22. The third-order valence-electron chi connectivity index (χ3n) is 3.35. The van der Waals surface area contributed by atoms with Crippen LogP contribution in [0, 0.1) is 0 Å². The molecule has 2 heterocycles. The molecular weight excluding hydrogens is 310 g/mol. The van der Waals surface area contributed by atoms with Gasteiger partial charge in [0.25, 0.3) is 5.91 Å². The smallest absolute Gasteiger partial charge is 0.255 e. The van der Waals surface area contributed by atoms with Gasteiger partial charge in [0.15, 0.2) is 0 Å². The predicted molar refractivity (Wildman–Crippen MR) is 90.5 cm³/mol. The molecule has 6 heteroatoms. The minimum absolute atomic E-state index is 0.0851. The van der Waals surface area contributed by atoms with Gasteiger partial charge in [-0.15, -0.1) is 11.3 Å². The number of nitrogens with zero attached hydrogens (tertiary/aromatic N) is 2. The normalized spacial score (nSPS) is 10.7. The molecule has 2 aromatic heterocycles. The van der Waals surface area contributed by atoms with Crippen molar-refractivity contribution in [1.29, 1.82) is 0 Å². The molecule has 1 aromatic carbocycles. The lowest BCUT2D eigenvalue weighted by Gasteiger charge is -2.01. The van der Waals surface area contributed by atoms with E-state index in [1.807, 2.05) is 47.8 Å². The van der Waals surface area contributed by atoms with Gasteiger partial charge in [-0.2, -0.15) is 5.10 Å². The number of nitrogens with one attached hydrogen (secondary N) is 1. The first-order valence-corrected chi connectivity index (χ1v) is 8.20. The zero-order chi connectivity index (χ0) is 16.1. The van der Waals surface area contributed by atoms with E-state index >= 15 is 0 Å². The molecule has 0 fully saturated rings. The first-order valence-electron chi connectivity index (χ1n) is 7.32. The molecule has 0 saturated carbocycles. The Bertz CT molecular complexity index is 767. The van der Waals surface area contributed by atoms with Crippen molar-refractivity contribution in [3.63, 3.8) is 0 Å². The molecule has 2 N–H and O–H groups in total. The Labute approximate surface area is 138 Å². The van der Waals surface area contributed by atoms with Crippen LogP contribution in [0.1, 0.15) is 15.9 Å². The Morgan fingerprint density at radius 2 is 2.04 bits per heavy atom. The quantitative estimate of drug-likeness (QED) is 0.730.